The Labute approximate surface area is 130 Å². The van der Waals surface area contributed by atoms with Crippen LogP contribution in [-0.4, -0.2) is 53.2 Å². The van der Waals surface area contributed by atoms with Gasteiger partial charge in [0.1, 0.15) is 5.69 Å². The molecule has 7 nitrogen and oxygen atoms in total. The zero-order chi connectivity index (χ0) is 16.3. The Morgan fingerprint density at radius 3 is 2.82 bits per heavy atom. The molecule has 2 atom stereocenters. The van der Waals surface area contributed by atoms with Gasteiger partial charge in [0.25, 0.3) is 0 Å². The van der Waals surface area contributed by atoms with Crippen LogP contribution in [0.2, 0.25) is 0 Å². The fraction of sp³-hybridized carbons (Fsp3) is 0.667. The lowest BCUT2D eigenvalue weighted by molar-refractivity contribution is -0.119. The zero-order valence-corrected chi connectivity index (χ0v) is 13.5. The monoisotopic (exact) mass is 308 g/mol. The molecule has 0 saturated carbocycles. The minimum absolute atomic E-state index is 0.00365. The lowest BCUT2D eigenvalue weighted by Crippen LogP contribution is -2.40. The molecule has 1 aliphatic rings. The first-order valence-corrected chi connectivity index (χ1v) is 7.52. The number of rotatable bonds is 5. The Bertz CT molecular complexity index is 541. The molecule has 1 aromatic rings. The van der Waals surface area contributed by atoms with Crippen LogP contribution in [0, 0.1) is 11.8 Å². The van der Waals surface area contributed by atoms with Crippen molar-refractivity contribution < 1.29 is 14.3 Å². The molecule has 1 aromatic heterocycles. The predicted molar refractivity (Wildman–Crippen MR) is 81.1 cm³/mol. The molecule has 7 heteroatoms. The zero-order valence-electron chi connectivity index (χ0n) is 13.5. The minimum atomic E-state index is -0.412. The number of methoxy groups -OCH3 is 1. The van der Waals surface area contributed by atoms with Gasteiger partial charge in [-0.25, -0.2) is 4.79 Å². The number of carbonyl (C=O) groups is 2. The topological polar surface area (TPSA) is 87.3 Å². The van der Waals surface area contributed by atoms with Crippen molar-refractivity contribution in [1.29, 1.82) is 0 Å². The van der Waals surface area contributed by atoms with Crippen LogP contribution in [0.15, 0.2) is 6.20 Å². The molecule has 2 heterocycles. The van der Waals surface area contributed by atoms with E-state index < -0.39 is 5.97 Å². The first-order valence-electron chi connectivity index (χ1n) is 7.52. The van der Waals surface area contributed by atoms with Gasteiger partial charge >= 0.3 is 5.97 Å². The summed E-state index contributed by atoms with van der Waals surface area (Å²) in [6, 6.07) is 0.144. The number of ether oxygens (including phenoxy) is 1. The summed E-state index contributed by atoms with van der Waals surface area (Å²) >= 11 is 0. The number of nitrogens with one attached hydrogen (secondary N) is 2. The number of hydrogen-bond donors (Lipinski definition) is 2. The highest BCUT2D eigenvalue weighted by Gasteiger charge is 2.35. The Balaban J connectivity index is 2.07. The van der Waals surface area contributed by atoms with Gasteiger partial charge in [-0.15, -0.1) is 0 Å². The summed E-state index contributed by atoms with van der Waals surface area (Å²) < 4.78 is 4.75. The molecule has 22 heavy (non-hydrogen) atoms. The highest BCUT2D eigenvalue weighted by atomic mass is 16.5. The van der Waals surface area contributed by atoms with Crippen LogP contribution in [0.3, 0.4) is 0 Å². The summed E-state index contributed by atoms with van der Waals surface area (Å²) in [7, 11) is 1.35. The fourth-order valence-electron chi connectivity index (χ4n) is 3.08. The van der Waals surface area contributed by atoms with Crippen molar-refractivity contribution in [3.63, 3.8) is 0 Å². The number of likely N-dealkylation sites (tertiary alicyclic amines) is 1. The van der Waals surface area contributed by atoms with E-state index in [-0.39, 0.29) is 11.9 Å². The standard InChI is InChI=1S/C15H24N4O3/c1-9(2)12-7-19(8-13(12)17-10(3)20)6-11-5-16-18-14(11)15(21)22-4/h5,9,12-13H,6-8H2,1-4H3,(H,16,18)(H,17,20). The summed E-state index contributed by atoms with van der Waals surface area (Å²) in [6.45, 7) is 8.15. The highest BCUT2D eigenvalue weighted by molar-refractivity contribution is 5.88. The average molecular weight is 308 g/mol. The van der Waals surface area contributed by atoms with E-state index in [1.165, 1.54) is 7.11 Å². The van der Waals surface area contributed by atoms with E-state index in [9.17, 15) is 9.59 Å². The van der Waals surface area contributed by atoms with Crippen molar-refractivity contribution in [2.24, 2.45) is 11.8 Å². The van der Waals surface area contributed by atoms with E-state index in [0.717, 1.165) is 18.7 Å². The largest absolute Gasteiger partial charge is 0.464 e. The number of amides is 1. The van der Waals surface area contributed by atoms with Crippen molar-refractivity contribution >= 4 is 11.9 Å². The minimum Gasteiger partial charge on any atom is -0.464 e. The average Bonchev–Trinajstić information content (AvgIpc) is 3.05. The molecule has 1 amide bonds. The lowest BCUT2D eigenvalue weighted by Gasteiger charge is -2.22. The van der Waals surface area contributed by atoms with Gasteiger partial charge in [-0.2, -0.15) is 5.10 Å². The van der Waals surface area contributed by atoms with Gasteiger partial charge in [0.05, 0.1) is 13.3 Å². The van der Waals surface area contributed by atoms with Crippen molar-refractivity contribution in [3.8, 4) is 0 Å². The maximum Gasteiger partial charge on any atom is 0.356 e. The van der Waals surface area contributed by atoms with Gasteiger partial charge in [-0.3, -0.25) is 14.8 Å². The summed E-state index contributed by atoms with van der Waals surface area (Å²) in [5.74, 6) is 0.463. The van der Waals surface area contributed by atoms with Gasteiger partial charge in [-0.1, -0.05) is 13.8 Å². The van der Waals surface area contributed by atoms with Gasteiger partial charge < -0.3 is 10.1 Å². The van der Waals surface area contributed by atoms with Crippen molar-refractivity contribution in [2.45, 2.75) is 33.4 Å². The van der Waals surface area contributed by atoms with Crippen LogP contribution >= 0.6 is 0 Å². The number of H-pyrrole nitrogens is 1. The first-order chi connectivity index (χ1) is 10.4. The van der Waals surface area contributed by atoms with Crippen molar-refractivity contribution in [3.05, 3.63) is 17.5 Å². The molecule has 2 N–H and O–H groups in total. The third-order valence-electron chi connectivity index (χ3n) is 4.19. The predicted octanol–water partition coefficient (Wildman–Crippen LogP) is 0.789. The van der Waals surface area contributed by atoms with E-state index in [1.807, 2.05) is 0 Å². The number of nitrogens with zero attached hydrogens (tertiary/aromatic N) is 2. The van der Waals surface area contributed by atoms with E-state index >= 15 is 0 Å². The SMILES string of the molecule is COC(=O)c1[nH]ncc1CN1CC(NC(C)=O)C(C(C)C)C1. The number of carbonyl (C=O) groups excluding carboxylic acids is 2. The number of esters is 1. The summed E-state index contributed by atoms with van der Waals surface area (Å²) in [5, 5.41) is 9.66. The molecule has 0 bridgehead atoms. The molecular weight excluding hydrogens is 284 g/mol. The normalized spacial score (nSPS) is 22.0. The van der Waals surface area contributed by atoms with E-state index in [0.29, 0.717) is 24.1 Å². The van der Waals surface area contributed by atoms with Gasteiger partial charge in [0.2, 0.25) is 5.91 Å². The van der Waals surface area contributed by atoms with E-state index in [2.05, 4.69) is 34.3 Å². The van der Waals surface area contributed by atoms with Crippen LogP contribution < -0.4 is 5.32 Å². The number of aromatic amines is 1. The molecule has 2 rings (SSSR count). The summed E-state index contributed by atoms with van der Waals surface area (Å²) in [6.07, 6.45) is 1.66. The van der Waals surface area contributed by atoms with Crippen molar-refractivity contribution in [1.82, 2.24) is 20.4 Å². The summed E-state index contributed by atoms with van der Waals surface area (Å²) in [4.78, 5) is 25.3. The molecular formula is C15H24N4O3. The molecule has 0 radical (unpaired) electrons. The Morgan fingerprint density at radius 1 is 1.50 bits per heavy atom. The number of hydrogen-bond acceptors (Lipinski definition) is 5. The third kappa shape index (κ3) is 3.65. The lowest BCUT2D eigenvalue weighted by atomic mass is 9.91. The second kappa shape index (κ2) is 6.91. The fourth-order valence-corrected chi connectivity index (χ4v) is 3.08. The molecule has 1 saturated heterocycles. The molecule has 0 aliphatic carbocycles. The van der Waals surface area contributed by atoms with Crippen LogP contribution in [-0.2, 0) is 16.1 Å². The molecule has 2 unspecified atom stereocenters. The third-order valence-corrected chi connectivity index (χ3v) is 4.19. The Morgan fingerprint density at radius 2 is 2.23 bits per heavy atom. The summed E-state index contributed by atoms with van der Waals surface area (Å²) in [5.41, 5.74) is 1.21. The molecule has 1 fully saturated rings. The molecule has 122 valence electrons. The quantitative estimate of drug-likeness (QED) is 0.785. The molecule has 0 aromatic carbocycles. The maximum absolute atomic E-state index is 11.7. The Kier molecular flexibility index (Phi) is 5.18. The van der Waals surface area contributed by atoms with Gasteiger partial charge in [-0.05, 0) is 11.8 Å². The maximum atomic E-state index is 11.7. The van der Waals surface area contributed by atoms with Crippen LogP contribution in [0.4, 0.5) is 0 Å². The first kappa shape index (κ1) is 16.5. The number of aromatic nitrogens is 2. The molecule has 0 spiro atoms. The van der Waals surface area contributed by atoms with E-state index in [1.54, 1.807) is 13.1 Å². The second-order valence-electron chi connectivity index (χ2n) is 6.17. The van der Waals surface area contributed by atoms with Crippen LogP contribution in [0.1, 0.15) is 36.8 Å². The van der Waals surface area contributed by atoms with Gasteiger partial charge in [0.15, 0.2) is 0 Å². The van der Waals surface area contributed by atoms with Gasteiger partial charge in [0, 0.05) is 38.2 Å². The smallest absolute Gasteiger partial charge is 0.356 e. The van der Waals surface area contributed by atoms with Crippen LogP contribution in [0.25, 0.3) is 0 Å². The van der Waals surface area contributed by atoms with Crippen molar-refractivity contribution in [2.75, 3.05) is 20.2 Å². The van der Waals surface area contributed by atoms with Crippen LogP contribution in [0.5, 0.6) is 0 Å². The second-order valence-corrected chi connectivity index (χ2v) is 6.17. The molecule has 1 aliphatic heterocycles. The highest BCUT2D eigenvalue weighted by Crippen LogP contribution is 2.26. The van der Waals surface area contributed by atoms with E-state index in [4.69, 9.17) is 4.74 Å². The Hall–Kier alpha value is -1.89.